The van der Waals surface area contributed by atoms with E-state index in [-0.39, 0.29) is 11.5 Å². The van der Waals surface area contributed by atoms with Gasteiger partial charge in [-0.15, -0.1) is 11.3 Å². The van der Waals surface area contributed by atoms with Gasteiger partial charge in [0.15, 0.2) is 0 Å². The van der Waals surface area contributed by atoms with Crippen molar-refractivity contribution in [1.82, 2.24) is 9.55 Å². The number of para-hydroxylation sites is 1. The zero-order valence-corrected chi connectivity index (χ0v) is 17.7. The summed E-state index contributed by atoms with van der Waals surface area (Å²) in [6.07, 6.45) is 1.45. The van der Waals surface area contributed by atoms with Crippen molar-refractivity contribution in [2.75, 3.05) is 12.4 Å². The van der Waals surface area contributed by atoms with Crippen molar-refractivity contribution in [3.8, 4) is 16.9 Å². The van der Waals surface area contributed by atoms with Crippen LogP contribution in [-0.4, -0.2) is 22.6 Å². The lowest BCUT2D eigenvalue weighted by atomic mass is 10.1. The van der Waals surface area contributed by atoms with Gasteiger partial charge < -0.3 is 10.1 Å². The second-order valence-corrected chi connectivity index (χ2v) is 7.85. The standard InChI is InChI=1S/C23H21N3O3S/c1-14-6-4-5-7-19(14)25-21(27)15(2)26-13-24-22-20(23(26)28)18(12-30-22)16-8-10-17(29-3)11-9-16/h4-13,15H,1-3H3,(H,25,27)/t15-/m1/s1. The molecule has 2 aromatic heterocycles. The molecule has 152 valence electrons. The largest absolute Gasteiger partial charge is 0.497 e. The van der Waals surface area contributed by atoms with Gasteiger partial charge in [0.2, 0.25) is 5.91 Å². The quantitative estimate of drug-likeness (QED) is 0.511. The summed E-state index contributed by atoms with van der Waals surface area (Å²) >= 11 is 1.41. The number of benzene rings is 2. The number of hydrogen-bond acceptors (Lipinski definition) is 5. The molecule has 0 fully saturated rings. The number of amides is 1. The number of rotatable bonds is 5. The summed E-state index contributed by atoms with van der Waals surface area (Å²) < 4.78 is 6.60. The summed E-state index contributed by atoms with van der Waals surface area (Å²) in [5.41, 5.74) is 3.15. The highest BCUT2D eigenvalue weighted by molar-refractivity contribution is 7.17. The van der Waals surface area contributed by atoms with Crippen LogP contribution < -0.4 is 15.6 Å². The Hall–Kier alpha value is -3.45. The Kier molecular flexibility index (Phi) is 5.37. The number of aromatic nitrogens is 2. The van der Waals surface area contributed by atoms with E-state index in [1.807, 2.05) is 60.8 Å². The van der Waals surface area contributed by atoms with Gasteiger partial charge in [-0.2, -0.15) is 0 Å². The normalized spacial score (nSPS) is 12.0. The highest BCUT2D eigenvalue weighted by atomic mass is 32.1. The maximum absolute atomic E-state index is 13.3. The lowest BCUT2D eigenvalue weighted by Gasteiger charge is -2.16. The van der Waals surface area contributed by atoms with Crippen molar-refractivity contribution in [2.45, 2.75) is 19.9 Å². The first-order chi connectivity index (χ1) is 14.5. The molecule has 4 aromatic rings. The fourth-order valence-electron chi connectivity index (χ4n) is 3.28. The number of carbonyl (C=O) groups excluding carboxylic acids is 1. The molecule has 0 saturated carbocycles. The van der Waals surface area contributed by atoms with Gasteiger partial charge in [0, 0.05) is 16.6 Å². The van der Waals surface area contributed by atoms with E-state index >= 15 is 0 Å². The van der Waals surface area contributed by atoms with E-state index in [4.69, 9.17) is 4.74 Å². The number of methoxy groups -OCH3 is 1. The molecule has 30 heavy (non-hydrogen) atoms. The predicted octanol–water partition coefficient (Wildman–Crippen LogP) is 4.64. The molecule has 0 aliphatic heterocycles. The molecule has 0 aliphatic carbocycles. The van der Waals surface area contributed by atoms with Crippen molar-refractivity contribution in [3.63, 3.8) is 0 Å². The lowest BCUT2D eigenvalue weighted by molar-refractivity contribution is -0.118. The van der Waals surface area contributed by atoms with Gasteiger partial charge in [-0.25, -0.2) is 4.98 Å². The molecule has 4 rings (SSSR count). The van der Waals surface area contributed by atoms with E-state index in [9.17, 15) is 9.59 Å². The summed E-state index contributed by atoms with van der Waals surface area (Å²) in [6.45, 7) is 3.62. The molecule has 1 N–H and O–H groups in total. The fourth-order valence-corrected chi connectivity index (χ4v) is 4.19. The molecular weight excluding hydrogens is 398 g/mol. The highest BCUT2D eigenvalue weighted by Gasteiger charge is 2.20. The first kappa shape index (κ1) is 19.8. The monoisotopic (exact) mass is 419 g/mol. The highest BCUT2D eigenvalue weighted by Crippen LogP contribution is 2.32. The van der Waals surface area contributed by atoms with Crippen LogP contribution in [0.2, 0.25) is 0 Å². The van der Waals surface area contributed by atoms with Crippen molar-refractivity contribution in [1.29, 1.82) is 0 Å². The van der Waals surface area contributed by atoms with Crippen LogP contribution in [-0.2, 0) is 4.79 Å². The maximum Gasteiger partial charge on any atom is 0.263 e. The number of nitrogens with zero attached hydrogens (tertiary/aromatic N) is 2. The van der Waals surface area contributed by atoms with Crippen LogP contribution in [0.3, 0.4) is 0 Å². The Morgan fingerprint density at radius 1 is 1.17 bits per heavy atom. The Bertz CT molecular complexity index is 1280. The Morgan fingerprint density at radius 2 is 1.90 bits per heavy atom. The first-order valence-corrected chi connectivity index (χ1v) is 10.4. The molecule has 0 spiro atoms. The molecule has 0 aliphatic rings. The van der Waals surface area contributed by atoms with Gasteiger partial charge in [-0.1, -0.05) is 30.3 Å². The Morgan fingerprint density at radius 3 is 2.60 bits per heavy atom. The lowest BCUT2D eigenvalue weighted by Crippen LogP contribution is -2.31. The number of thiophene rings is 1. The molecule has 0 saturated heterocycles. The van der Waals surface area contributed by atoms with E-state index < -0.39 is 6.04 Å². The molecule has 6 nitrogen and oxygen atoms in total. The summed E-state index contributed by atoms with van der Waals surface area (Å²) in [6, 6.07) is 14.3. The summed E-state index contributed by atoms with van der Waals surface area (Å²) in [7, 11) is 1.61. The van der Waals surface area contributed by atoms with Crippen LogP contribution in [0.5, 0.6) is 5.75 Å². The fraction of sp³-hybridized carbons (Fsp3) is 0.174. The van der Waals surface area contributed by atoms with Crippen molar-refractivity contribution in [2.24, 2.45) is 0 Å². The number of anilines is 1. The zero-order valence-electron chi connectivity index (χ0n) is 16.9. The number of fused-ring (bicyclic) bond motifs is 1. The molecule has 1 amide bonds. The van der Waals surface area contributed by atoms with Gasteiger partial charge in [-0.05, 0) is 43.2 Å². The predicted molar refractivity (Wildman–Crippen MR) is 120 cm³/mol. The maximum atomic E-state index is 13.3. The van der Waals surface area contributed by atoms with Crippen LogP contribution in [0.15, 0.2) is 65.0 Å². The summed E-state index contributed by atoms with van der Waals surface area (Å²) in [5.74, 6) is 0.476. The van der Waals surface area contributed by atoms with Crippen LogP contribution in [0.4, 0.5) is 5.69 Å². The number of hydrogen-bond donors (Lipinski definition) is 1. The second-order valence-electron chi connectivity index (χ2n) is 7.00. The third-order valence-corrected chi connectivity index (χ3v) is 6.01. The van der Waals surface area contributed by atoms with Gasteiger partial charge in [0.25, 0.3) is 5.56 Å². The molecule has 0 unspecified atom stereocenters. The molecule has 2 heterocycles. The van der Waals surface area contributed by atoms with Crippen LogP contribution in [0.1, 0.15) is 18.5 Å². The van der Waals surface area contributed by atoms with Crippen molar-refractivity contribution >= 4 is 33.1 Å². The van der Waals surface area contributed by atoms with Crippen LogP contribution in [0, 0.1) is 6.92 Å². The van der Waals surface area contributed by atoms with Crippen molar-refractivity contribution in [3.05, 3.63) is 76.2 Å². The smallest absolute Gasteiger partial charge is 0.263 e. The molecule has 2 aromatic carbocycles. The van der Waals surface area contributed by atoms with E-state index in [2.05, 4.69) is 10.3 Å². The second kappa shape index (κ2) is 8.12. The first-order valence-electron chi connectivity index (χ1n) is 9.49. The molecule has 1 atom stereocenters. The van der Waals surface area contributed by atoms with E-state index in [1.165, 1.54) is 22.2 Å². The average molecular weight is 420 g/mol. The zero-order chi connectivity index (χ0) is 21.3. The van der Waals surface area contributed by atoms with E-state index in [0.717, 1.165) is 28.1 Å². The van der Waals surface area contributed by atoms with Gasteiger partial charge in [-0.3, -0.25) is 14.2 Å². The molecule has 7 heteroatoms. The third kappa shape index (κ3) is 3.59. The number of nitrogens with one attached hydrogen (secondary N) is 1. The molecular formula is C23H21N3O3S. The third-order valence-electron chi connectivity index (χ3n) is 5.12. The Labute approximate surface area is 177 Å². The number of aryl methyl sites for hydroxylation is 1. The number of carbonyl (C=O) groups is 1. The van der Waals surface area contributed by atoms with E-state index in [1.54, 1.807) is 14.0 Å². The topological polar surface area (TPSA) is 73.2 Å². The van der Waals surface area contributed by atoms with Gasteiger partial charge in [0.05, 0.1) is 18.8 Å². The van der Waals surface area contributed by atoms with Crippen molar-refractivity contribution < 1.29 is 9.53 Å². The van der Waals surface area contributed by atoms with Gasteiger partial charge in [0.1, 0.15) is 16.6 Å². The van der Waals surface area contributed by atoms with Gasteiger partial charge >= 0.3 is 0 Å². The summed E-state index contributed by atoms with van der Waals surface area (Å²) in [4.78, 5) is 31.2. The minimum Gasteiger partial charge on any atom is -0.497 e. The minimum absolute atomic E-state index is 0.237. The SMILES string of the molecule is COc1ccc(-c2csc3ncn([C@H](C)C(=O)Nc4ccccc4C)c(=O)c23)cc1. The minimum atomic E-state index is -0.711. The molecule has 0 bridgehead atoms. The summed E-state index contributed by atoms with van der Waals surface area (Å²) in [5, 5.41) is 5.34. The number of ether oxygens (including phenoxy) is 1. The van der Waals surface area contributed by atoms with Crippen LogP contribution in [0.25, 0.3) is 21.3 Å². The average Bonchev–Trinajstić information content (AvgIpc) is 3.20. The van der Waals surface area contributed by atoms with E-state index in [0.29, 0.717) is 10.2 Å². The van der Waals surface area contributed by atoms with Crippen LogP contribution >= 0.6 is 11.3 Å². The molecule has 0 radical (unpaired) electrons. The Balaban J connectivity index is 1.71.